The summed E-state index contributed by atoms with van der Waals surface area (Å²) in [5, 5.41) is 4.99. The number of hydrogen-bond donors (Lipinski definition) is 2. The third kappa shape index (κ3) is 5.24. The SMILES string of the molecule is Cc1cc(N2C(=S)N[C@@H](c3ccccn3)[C@H]2c2cc(C)n(-c3cccc(Cl)c3Cl)c2C)ccc1NS(C)(=O)=O. The molecule has 0 amide bonds. The van der Waals surface area contributed by atoms with Crippen molar-refractivity contribution in [3.63, 3.8) is 0 Å². The number of sulfonamides is 1. The summed E-state index contributed by atoms with van der Waals surface area (Å²) in [5.74, 6) is 0. The maximum atomic E-state index is 11.8. The second-order valence-electron chi connectivity index (χ2n) is 9.60. The van der Waals surface area contributed by atoms with Crippen LogP contribution in [0.2, 0.25) is 10.0 Å². The van der Waals surface area contributed by atoms with Gasteiger partial charge in [-0.05, 0) is 92.6 Å². The van der Waals surface area contributed by atoms with E-state index in [1.54, 1.807) is 18.3 Å². The van der Waals surface area contributed by atoms with Gasteiger partial charge in [-0.25, -0.2) is 8.42 Å². The van der Waals surface area contributed by atoms with Gasteiger partial charge in [-0.3, -0.25) is 9.71 Å². The Hall–Kier alpha value is -3.11. The summed E-state index contributed by atoms with van der Waals surface area (Å²) in [6.45, 7) is 5.95. The highest BCUT2D eigenvalue weighted by Crippen LogP contribution is 2.45. The van der Waals surface area contributed by atoms with Gasteiger partial charge in [0.25, 0.3) is 0 Å². The predicted molar refractivity (Wildman–Crippen MR) is 163 cm³/mol. The van der Waals surface area contributed by atoms with Crippen LogP contribution in [0.1, 0.15) is 40.3 Å². The first kappa shape index (κ1) is 27.5. The van der Waals surface area contributed by atoms with Gasteiger partial charge < -0.3 is 14.8 Å². The molecule has 1 aliphatic rings. The fourth-order valence-corrected chi connectivity index (χ4v) is 6.54. The summed E-state index contributed by atoms with van der Waals surface area (Å²) in [6.07, 6.45) is 2.90. The highest BCUT2D eigenvalue weighted by Gasteiger charge is 2.42. The number of anilines is 2. The highest BCUT2D eigenvalue weighted by atomic mass is 35.5. The van der Waals surface area contributed by atoms with Crippen molar-refractivity contribution in [3.05, 3.63) is 105 Å². The number of aromatic nitrogens is 2. The average Bonchev–Trinajstić information content (AvgIpc) is 3.37. The second-order valence-corrected chi connectivity index (χ2v) is 12.5. The number of thiocarbonyl (C=S) groups is 1. The van der Waals surface area contributed by atoms with Crippen LogP contribution in [-0.2, 0) is 10.0 Å². The van der Waals surface area contributed by atoms with E-state index in [1.165, 1.54) is 0 Å². The van der Waals surface area contributed by atoms with E-state index in [2.05, 4.69) is 37.5 Å². The molecule has 2 atom stereocenters. The molecule has 0 bridgehead atoms. The van der Waals surface area contributed by atoms with E-state index in [4.69, 9.17) is 35.4 Å². The molecule has 7 nitrogen and oxygen atoms in total. The van der Waals surface area contributed by atoms with Crippen molar-refractivity contribution in [2.24, 2.45) is 0 Å². The summed E-state index contributed by atoms with van der Waals surface area (Å²) in [4.78, 5) is 6.71. The topological polar surface area (TPSA) is 79.3 Å². The van der Waals surface area contributed by atoms with Crippen molar-refractivity contribution in [1.29, 1.82) is 0 Å². The normalized spacial score (nSPS) is 17.4. The van der Waals surface area contributed by atoms with Gasteiger partial charge in [0.15, 0.2) is 5.11 Å². The van der Waals surface area contributed by atoms with E-state index >= 15 is 0 Å². The number of nitrogens with zero attached hydrogens (tertiary/aromatic N) is 3. The van der Waals surface area contributed by atoms with Crippen LogP contribution in [-0.4, -0.2) is 29.3 Å². The quantitative estimate of drug-likeness (QED) is 0.241. The van der Waals surface area contributed by atoms with Crippen molar-refractivity contribution < 1.29 is 8.42 Å². The van der Waals surface area contributed by atoms with Crippen molar-refractivity contribution in [2.75, 3.05) is 15.9 Å². The van der Waals surface area contributed by atoms with Gasteiger partial charge in [0, 0.05) is 23.3 Å². The molecule has 11 heteroatoms. The van der Waals surface area contributed by atoms with E-state index < -0.39 is 10.0 Å². The summed E-state index contributed by atoms with van der Waals surface area (Å²) in [6, 6.07) is 18.6. The minimum Gasteiger partial charge on any atom is -0.351 e. The molecule has 5 rings (SSSR count). The molecule has 39 heavy (non-hydrogen) atoms. The number of halogens is 2. The molecule has 1 aliphatic heterocycles. The van der Waals surface area contributed by atoms with Crippen molar-refractivity contribution in [1.82, 2.24) is 14.9 Å². The van der Waals surface area contributed by atoms with E-state index in [9.17, 15) is 8.42 Å². The van der Waals surface area contributed by atoms with Crippen LogP contribution >= 0.6 is 35.4 Å². The lowest BCUT2D eigenvalue weighted by molar-refractivity contribution is 0.565. The van der Waals surface area contributed by atoms with Crippen LogP contribution in [0, 0.1) is 20.8 Å². The molecule has 1 saturated heterocycles. The fraction of sp³-hybridized carbons (Fsp3) is 0.214. The van der Waals surface area contributed by atoms with Gasteiger partial charge >= 0.3 is 0 Å². The predicted octanol–water partition coefficient (Wildman–Crippen LogP) is 6.65. The molecule has 1 fully saturated rings. The van der Waals surface area contributed by atoms with Crippen molar-refractivity contribution in [3.8, 4) is 5.69 Å². The molecule has 0 radical (unpaired) electrons. The molecule has 0 saturated carbocycles. The Bertz CT molecular complexity index is 1690. The van der Waals surface area contributed by atoms with E-state index in [0.29, 0.717) is 20.8 Å². The highest BCUT2D eigenvalue weighted by molar-refractivity contribution is 7.92. The van der Waals surface area contributed by atoms with Gasteiger partial charge in [0.2, 0.25) is 10.0 Å². The Labute approximate surface area is 243 Å². The summed E-state index contributed by atoms with van der Waals surface area (Å²) in [5.41, 5.74) is 6.81. The lowest BCUT2D eigenvalue weighted by Gasteiger charge is -2.29. The summed E-state index contributed by atoms with van der Waals surface area (Å²) >= 11 is 18.9. The van der Waals surface area contributed by atoms with Gasteiger partial charge in [0.05, 0.1) is 45.5 Å². The number of rotatable bonds is 6. The zero-order valence-corrected chi connectivity index (χ0v) is 24.9. The molecule has 0 spiro atoms. The molecular formula is C28H27Cl2N5O2S2. The molecular weight excluding hydrogens is 573 g/mol. The Balaban J connectivity index is 1.67. The minimum absolute atomic E-state index is 0.239. The van der Waals surface area contributed by atoms with E-state index in [1.807, 2.05) is 56.3 Å². The average molecular weight is 601 g/mol. The number of pyridine rings is 1. The smallest absolute Gasteiger partial charge is 0.229 e. The first-order chi connectivity index (χ1) is 18.5. The minimum atomic E-state index is -3.41. The van der Waals surface area contributed by atoms with Gasteiger partial charge in [-0.1, -0.05) is 35.3 Å². The second kappa shape index (κ2) is 10.5. The molecule has 2 aromatic heterocycles. The molecule has 4 aromatic rings. The molecule has 2 N–H and O–H groups in total. The molecule has 0 unspecified atom stereocenters. The number of benzene rings is 2. The third-order valence-corrected chi connectivity index (χ3v) is 8.56. The Morgan fingerprint density at radius 2 is 1.79 bits per heavy atom. The van der Waals surface area contributed by atoms with Crippen molar-refractivity contribution >= 4 is 61.9 Å². The fourth-order valence-electron chi connectivity index (χ4n) is 5.18. The Kier molecular flexibility index (Phi) is 7.37. The lowest BCUT2D eigenvalue weighted by Crippen LogP contribution is -2.29. The van der Waals surface area contributed by atoms with Gasteiger partial charge in [-0.15, -0.1) is 0 Å². The van der Waals surface area contributed by atoms with Crippen LogP contribution in [0.25, 0.3) is 5.69 Å². The molecule has 202 valence electrons. The first-order valence-corrected chi connectivity index (χ1v) is 15.2. The van der Waals surface area contributed by atoms with E-state index in [-0.39, 0.29) is 12.1 Å². The van der Waals surface area contributed by atoms with E-state index in [0.717, 1.165) is 45.8 Å². The monoisotopic (exact) mass is 599 g/mol. The van der Waals surface area contributed by atoms with Crippen LogP contribution in [0.3, 0.4) is 0 Å². The number of aryl methyl sites for hydroxylation is 2. The lowest BCUT2D eigenvalue weighted by atomic mass is 9.96. The Morgan fingerprint density at radius 1 is 1.03 bits per heavy atom. The number of hydrogen-bond acceptors (Lipinski definition) is 4. The molecule has 3 heterocycles. The summed E-state index contributed by atoms with van der Waals surface area (Å²) < 4.78 is 28.3. The largest absolute Gasteiger partial charge is 0.351 e. The third-order valence-electron chi connectivity index (χ3n) is 6.84. The first-order valence-electron chi connectivity index (χ1n) is 12.2. The van der Waals surface area contributed by atoms with Crippen LogP contribution in [0.5, 0.6) is 0 Å². The van der Waals surface area contributed by atoms with Gasteiger partial charge in [-0.2, -0.15) is 0 Å². The standard InChI is InChI=1S/C28H27Cl2N5O2S2/c1-16-14-19(11-12-22(16)33-39(4,36)37)35-27(26(32-28(35)38)23-9-5-6-13-31-23)20-15-17(2)34(18(20)3)24-10-7-8-21(29)25(24)30/h5-15,26-27,33H,1-4H3,(H,32,38)/t26-,27+/m0/s1. The zero-order valence-electron chi connectivity index (χ0n) is 21.7. The number of nitrogens with one attached hydrogen (secondary N) is 2. The Morgan fingerprint density at radius 3 is 2.46 bits per heavy atom. The molecule has 2 aromatic carbocycles. The van der Waals surface area contributed by atoms with Gasteiger partial charge in [0.1, 0.15) is 0 Å². The molecule has 0 aliphatic carbocycles. The summed E-state index contributed by atoms with van der Waals surface area (Å²) in [7, 11) is -3.41. The van der Waals surface area contributed by atoms with Crippen LogP contribution < -0.4 is 14.9 Å². The zero-order chi connectivity index (χ0) is 28.1. The van der Waals surface area contributed by atoms with Crippen LogP contribution in [0.15, 0.2) is 66.9 Å². The maximum Gasteiger partial charge on any atom is 0.229 e. The maximum absolute atomic E-state index is 11.8. The van der Waals surface area contributed by atoms with Crippen LogP contribution in [0.4, 0.5) is 11.4 Å². The van der Waals surface area contributed by atoms with Crippen molar-refractivity contribution in [2.45, 2.75) is 32.9 Å².